The molecule has 0 spiro atoms. The molecule has 0 aromatic heterocycles. The number of rotatable bonds is 2. The Bertz CT molecular complexity index is 112. The van der Waals surface area contributed by atoms with E-state index in [0.29, 0.717) is 6.98 Å². The van der Waals surface area contributed by atoms with Gasteiger partial charge in [0, 0.05) is 0 Å². The van der Waals surface area contributed by atoms with Crippen molar-refractivity contribution in [3.8, 4) is 0 Å². The third kappa shape index (κ3) is 2.60. The van der Waals surface area contributed by atoms with E-state index in [1.165, 1.54) is 0 Å². The number of hydrogen-bond donors (Lipinski definition) is 3. The molecule has 0 aromatic rings. The monoisotopic (exact) mass is 135 g/mol. The van der Waals surface area contributed by atoms with Crippen molar-refractivity contribution < 1.29 is 0 Å². The van der Waals surface area contributed by atoms with Crippen molar-refractivity contribution in [2.75, 3.05) is 0 Å². The van der Waals surface area contributed by atoms with Gasteiger partial charge in [-0.3, -0.25) is 0 Å². The molecule has 0 atom stereocenters. The standard InChI is InChI=1S/C4H12B3N3/c1-2-3-4-7-9-5-8-6-10-7/h2-3,5-6,8-10H,4H2,1H3/b3-2+. The van der Waals surface area contributed by atoms with Crippen molar-refractivity contribution in [1.82, 2.24) is 15.4 Å². The van der Waals surface area contributed by atoms with Crippen LogP contribution in [-0.4, -0.2) is 22.1 Å². The molecule has 1 aliphatic heterocycles. The van der Waals surface area contributed by atoms with Gasteiger partial charge in [0.2, 0.25) is 0 Å². The van der Waals surface area contributed by atoms with Crippen molar-refractivity contribution in [2.45, 2.75) is 13.2 Å². The Morgan fingerprint density at radius 1 is 1.40 bits per heavy atom. The first-order chi connectivity index (χ1) is 4.93. The van der Waals surface area contributed by atoms with Gasteiger partial charge in [-0.2, -0.15) is 0 Å². The molecule has 0 unspecified atom stereocenters. The molecule has 6 heteroatoms. The highest BCUT2D eigenvalue weighted by atomic mass is 15.0. The summed E-state index contributed by atoms with van der Waals surface area (Å²) in [5.74, 6) is 0. The minimum Gasteiger partial charge on any atom is -0.378 e. The third-order valence-corrected chi connectivity index (χ3v) is 1.55. The first kappa shape index (κ1) is 7.92. The van der Waals surface area contributed by atoms with Crippen molar-refractivity contribution in [2.24, 2.45) is 0 Å². The van der Waals surface area contributed by atoms with Gasteiger partial charge in [-0.05, 0) is 13.2 Å². The molecule has 1 heterocycles. The van der Waals surface area contributed by atoms with E-state index in [2.05, 4.69) is 27.6 Å². The molecule has 1 saturated heterocycles. The first-order valence-electron chi connectivity index (χ1n) is 3.72. The zero-order valence-corrected chi connectivity index (χ0v) is 6.35. The van der Waals surface area contributed by atoms with E-state index < -0.39 is 0 Å². The molecule has 0 saturated carbocycles. The Morgan fingerprint density at radius 3 is 2.70 bits per heavy atom. The molecular weight excluding hydrogens is 123 g/mol. The SMILES string of the molecule is C/C=C/CB1NBNBN1. The second-order valence-corrected chi connectivity index (χ2v) is 2.37. The summed E-state index contributed by atoms with van der Waals surface area (Å²) in [4.78, 5) is 0. The van der Waals surface area contributed by atoms with E-state index in [4.69, 9.17) is 0 Å². The maximum absolute atomic E-state index is 3.28. The summed E-state index contributed by atoms with van der Waals surface area (Å²) in [6.07, 6.45) is 5.31. The first-order valence-corrected chi connectivity index (χ1v) is 3.72. The van der Waals surface area contributed by atoms with Crippen LogP contribution in [0, 0.1) is 0 Å². The minimum absolute atomic E-state index is 0.456. The Kier molecular flexibility index (Phi) is 3.64. The third-order valence-electron chi connectivity index (χ3n) is 1.55. The normalized spacial score (nSPS) is 18.7. The molecule has 0 radical (unpaired) electrons. The number of hydrogen-bond acceptors (Lipinski definition) is 3. The molecule has 1 aliphatic rings. The van der Waals surface area contributed by atoms with Gasteiger partial charge in [-0.25, -0.2) is 0 Å². The van der Waals surface area contributed by atoms with Crippen LogP contribution in [0.3, 0.4) is 0 Å². The van der Waals surface area contributed by atoms with E-state index in [0.717, 1.165) is 21.4 Å². The predicted octanol–water partition coefficient (Wildman–Crippen LogP) is -1.63. The van der Waals surface area contributed by atoms with Gasteiger partial charge in [-0.1, -0.05) is 12.2 Å². The van der Waals surface area contributed by atoms with Crippen molar-refractivity contribution in [3.63, 3.8) is 0 Å². The van der Waals surface area contributed by atoms with Crippen molar-refractivity contribution in [3.05, 3.63) is 12.2 Å². The summed E-state index contributed by atoms with van der Waals surface area (Å²) in [5.41, 5.74) is 0. The van der Waals surface area contributed by atoms with E-state index in [-0.39, 0.29) is 0 Å². The zero-order chi connectivity index (χ0) is 7.23. The summed E-state index contributed by atoms with van der Waals surface area (Å²) in [5, 5.41) is 9.71. The lowest BCUT2D eigenvalue weighted by Crippen LogP contribution is -2.63. The molecule has 1 rings (SSSR count). The van der Waals surface area contributed by atoms with E-state index in [9.17, 15) is 0 Å². The lowest BCUT2D eigenvalue weighted by Gasteiger charge is -2.19. The summed E-state index contributed by atoms with van der Waals surface area (Å²) in [6.45, 7) is 2.50. The second-order valence-electron chi connectivity index (χ2n) is 2.37. The zero-order valence-electron chi connectivity index (χ0n) is 6.35. The lowest BCUT2D eigenvalue weighted by molar-refractivity contribution is 1.21. The van der Waals surface area contributed by atoms with Gasteiger partial charge in [0.25, 0.3) is 22.1 Å². The lowest BCUT2D eigenvalue weighted by atomic mass is 9.63. The smallest absolute Gasteiger partial charge is 0.288 e. The van der Waals surface area contributed by atoms with Crippen LogP contribution in [0.1, 0.15) is 6.92 Å². The van der Waals surface area contributed by atoms with Gasteiger partial charge in [0.15, 0.2) is 0 Å². The van der Waals surface area contributed by atoms with Crippen LogP contribution >= 0.6 is 0 Å². The maximum Gasteiger partial charge on any atom is 0.288 e. The molecular formula is C4H12B3N3. The summed E-state index contributed by atoms with van der Waals surface area (Å²) < 4.78 is 0. The maximum atomic E-state index is 3.28. The fraction of sp³-hybridized carbons (Fsp3) is 0.500. The highest BCUT2D eigenvalue weighted by Crippen LogP contribution is 1.86. The van der Waals surface area contributed by atoms with Gasteiger partial charge in [-0.15, -0.1) is 0 Å². The molecule has 1 fully saturated rings. The van der Waals surface area contributed by atoms with E-state index in [1.54, 1.807) is 0 Å². The van der Waals surface area contributed by atoms with Crippen LogP contribution in [0.4, 0.5) is 0 Å². The molecule has 3 N–H and O–H groups in total. The average molecular weight is 135 g/mol. The van der Waals surface area contributed by atoms with Gasteiger partial charge in [0.05, 0.1) is 0 Å². The van der Waals surface area contributed by atoms with Gasteiger partial charge >= 0.3 is 0 Å². The van der Waals surface area contributed by atoms with E-state index >= 15 is 0 Å². The van der Waals surface area contributed by atoms with Crippen LogP contribution in [0.2, 0.25) is 6.32 Å². The highest BCUT2D eigenvalue weighted by Gasteiger charge is 2.15. The Labute approximate surface area is 63.7 Å². The van der Waals surface area contributed by atoms with Crippen LogP contribution in [0.15, 0.2) is 12.2 Å². The molecule has 0 amide bonds. The molecule has 0 aromatic carbocycles. The summed E-state index contributed by atoms with van der Waals surface area (Å²) in [7, 11) is 1.82. The highest BCUT2D eigenvalue weighted by molar-refractivity contribution is 6.75. The van der Waals surface area contributed by atoms with Crippen molar-refractivity contribution in [1.29, 1.82) is 0 Å². The van der Waals surface area contributed by atoms with Gasteiger partial charge < -0.3 is 15.4 Å². The second kappa shape index (κ2) is 4.60. The molecule has 52 valence electrons. The Hall–Kier alpha value is -0.185. The van der Waals surface area contributed by atoms with Gasteiger partial charge in [0.1, 0.15) is 0 Å². The Balaban J connectivity index is 2.13. The summed E-state index contributed by atoms with van der Waals surface area (Å²) >= 11 is 0. The van der Waals surface area contributed by atoms with Crippen LogP contribution in [-0.2, 0) is 0 Å². The molecule has 0 aliphatic carbocycles. The van der Waals surface area contributed by atoms with Crippen LogP contribution < -0.4 is 15.4 Å². The fourth-order valence-electron chi connectivity index (χ4n) is 0.964. The molecule has 0 bridgehead atoms. The van der Waals surface area contributed by atoms with Crippen LogP contribution in [0.25, 0.3) is 0 Å². The Morgan fingerprint density at radius 2 is 2.10 bits per heavy atom. The quantitative estimate of drug-likeness (QED) is 0.314. The fourth-order valence-corrected chi connectivity index (χ4v) is 0.964. The molecule has 10 heavy (non-hydrogen) atoms. The summed E-state index contributed by atoms with van der Waals surface area (Å²) in [6, 6.07) is 0. The average Bonchev–Trinajstić information content (AvgIpc) is 2.03. The number of nitrogens with one attached hydrogen (secondary N) is 3. The van der Waals surface area contributed by atoms with E-state index in [1.807, 2.05) is 6.92 Å². The minimum atomic E-state index is 0.456. The van der Waals surface area contributed by atoms with Crippen LogP contribution in [0.5, 0.6) is 0 Å². The number of allylic oxidation sites excluding steroid dienone is 2. The van der Waals surface area contributed by atoms with Crippen molar-refractivity contribution >= 4 is 22.1 Å². The molecule has 3 nitrogen and oxygen atoms in total. The predicted molar refractivity (Wildman–Crippen MR) is 49.1 cm³/mol. The topological polar surface area (TPSA) is 36.1 Å². The largest absolute Gasteiger partial charge is 0.378 e.